The molecule has 0 aliphatic carbocycles. The number of rotatable bonds is 3. The third-order valence-electron chi connectivity index (χ3n) is 3.54. The van der Waals surface area contributed by atoms with Gasteiger partial charge in [-0.05, 0) is 52.9 Å². The minimum atomic E-state index is -0.631. The first kappa shape index (κ1) is 19.4. The van der Waals surface area contributed by atoms with Crippen molar-refractivity contribution in [2.24, 2.45) is 5.10 Å². The van der Waals surface area contributed by atoms with E-state index in [0.29, 0.717) is 11.4 Å². The highest BCUT2D eigenvalue weighted by atomic mass is 127. The monoisotopic (exact) mass is 514 g/mol. The Morgan fingerprint density at radius 3 is 2.48 bits per heavy atom. The van der Waals surface area contributed by atoms with Crippen LogP contribution >= 0.6 is 45.8 Å². The number of nitrogen functional groups attached to an aromatic ring is 1. The molecule has 0 saturated carbocycles. The maximum atomic E-state index is 12.1. The van der Waals surface area contributed by atoms with Crippen molar-refractivity contribution >= 4 is 74.6 Å². The maximum absolute atomic E-state index is 12.1. The van der Waals surface area contributed by atoms with E-state index in [0.717, 1.165) is 8.58 Å². The van der Waals surface area contributed by atoms with Crippen LogP contribution in [-0.2, 0) is 9.59 Å². The van der Waals surface area contributed by atoms with Crippen molar-refractivity contribution in [2.75, 3.05) is 10.7 Å². The first-order valence-electron chi connectivity index (χ1n) is 7.37. The second-order valence-electron chi connectivity index (χ2n) is 5.39. The summed E-state index contributed by atoms with van der Waals surface area (Å²) in [6.07, 6.45) is -0.455. The fraction of sp³-hybridized carbons (Fsp3) is 0.0588. The number of anilines is 2. The number of ether oxygens (including phenoxy) is 1. The number of nitrogens with zero attached hydrogens (tertiary/aromatic N) is 3. The Balaban J connectivity index is 1.96. The molecule has 0 aromatic heterocycles. The zero-order chi connectivity index (χ0) is 19.7. The number of nitriles is 1. The molecule has 27 heavy (non-hydrogen) atoms. The molecule has 0 fully saturated rings. The molecule has 0 unspecified atom stereocenters. The second-order valence-corrected chi connectivity index (χ2v) is 7.37. The minimum Gasteiger partial charge on any atom is -0.454 e. The number of benzene rings is 2. The van der Waals surface area contributed by atoms with Crippen LogP contribution in [0, 0.1) is 14.9 Å². The SMILES string of the molecule is N#CC1=NN(c2cc(Cl)c(Oc3ccc(N)c(I)c3)c(Cl)c2)C(=O)CC1=O. The molecular formula is C17H9Cl2IN4O3. The van der Waals surface area contributed by atoms with Gasteiger partial charge in [0.25, 0.3) is 5.91 Å². The standard InChI is InChI=1S/C17H9Cl2IN4O3/c18-10-3-8(24-16(26)6-15(25)14(7-21)23-24)4-11(19)17(10)27-9-1-2-13(22)12(20)5-9/h1-5H,6,22H2. The van der Waals surface area contributed by atoms with E-state index < -0.39 is 18.1 Å². The van der Waals surface area contributed by atoms with Crippen molar-refractivity contribution in [1.82, 2.24) is 0 Å². The topological polar surface area (TPSA) is 109 Å². The molecule has 7 nitrogen and oxygen atoms in total. The van der Waals surface area contributed by atoms with E-state index in [1.165, 1.54) is 12.1 Å². The fourth-order valence-corrected chi connectivity index (χ4v) is 3.29. The number of ketones is 1. The number of hydrazone groups is 1. The van der Waals surface area contributed by atoms with E-state index in [2.05, 4.69) is 27.7 Å². The molecule has 1 heterocycles. The number of hydrogen-bond acceptors (Lipinski definition) is 6. The van der Waals surface area contributed by atoms with Gasteiger partial charge in [-0.25, -0.2) is 0 Å². The predicted molar refractivity (Wildman–Crippen MR) is 110 cm³/mol. The summed E-state index contributed by atoms with van der Waals surface area (Å²) in [5, 5.41) is 13.9. The molecule has 0 radical (unpaired) electrons. The third kappa shape index (κ3) is 4.00. The van der Waals surface area contributed by atoms with Gasteiger partial charge in [-0.1, -0.05) is 23.2 Å². The first-order valence-corrected chi connectivity index (χ1v) is 9.20. The Bertz CT molecular complexity index is 1030. The van der Waals surface area contributed by atoms with Crippen LogP contribution in [0.2, 0.25) is 10.0 Å². The van der Waals surface area contributed by atoms with Gasteiger partial charge in [-0.3, -0.25) is 9.59 Å². The summed E-state index contributed by atoms with van der Waals surface area (Å²) in [5.74, 6) is -0.552. The summed E-state index contributed by atoms with van der Waals surface area (Å²) >= 11 is 14.6. The summed E-state index contributed by atoms with van der Waals surface area (Å²) < 4.78 is 6.54. The highest BCUT2D eigenvalue weighted by molar-refractivity contribution is 14.1. The molecule has 0 spiro atoms. The smallest absolute Gasteiger partial charge is 0.255 e. The molecule has 1 amide bonds. The van der Waals surface area contributed by atoms with Gasteiger partial charge in [0.15, 0.2) is 5.75 Å². The summed E-state index contributed by atoms with van der Waals surface area (Å²) in [7, 11) is 0. The number of Topliss-reactive ketones (excluding diaryl/α,β-unsaturated/α-hetero) is 1. The normalized spacial score (nSPS) is 14.0. The molecule has 136 valence electrons. The Kier molecular flexibility index (Phi) is 5.55. The largest absolute Gasteiger partial charge is 0.454 e. The number of amides is 1. The van der Waals surface area contributed by atoms with Crippen LogP contribution in [-0.4, -0.2) is 17.4 Å². The number of halogens is 3. The average Bonchev–Trinajstić information content (AvgIpc) is 2.61. The molecule has 2 aromatic rings. The minimum absolute atomic E-state index is 0.128. The van der Waals surface area contributed by atoms with Crippen LogP contribution in [0.3, 0.4) is 0 Å². The Morgan fingerprint density at radius 2 is 1.89 bits per heavy atom. The van der Waals surface area contributed by atoms with Crippen molar-refractivity contribution in [3.05, 3.63) is 43.9 Å². The maximum Gasteiger partial charge on any atom is 0.255 e. The van der Waals surface area contributed by atoms with Crippen LogP contribution in [0.5, 0.6) is 11.5 Å². The number of hydrogen-bond donors (Lipinski definition) is 1. The zero-order valence-corrected chi connectivity index (χ0v) is 17.0. The molecule has 1 aliphatic heterocycles. The lowest BCUT2D eigenvalue weighted by Gasteiger charge is -2.22. The number of carbonyl (C=O) groups is 2. The third-order valence-corrected chi connectivity index (χ3v) is 5.03. The number of carbonyl (C=O) groups excluding carboxylic acids is 2. The molecule has 2 aromatic carbocycles. The van der Waals surface area contributed by atoms with E-state index in [4.69, 9.17) is 38.9 Å². The number of nitrogens with two attached hydrogens (primary N) is 1. The van der Waals surface area contributed by atoms with Crippen LogP contribution in [0.25, 0.3) is 0 Å². The zero-order valence-electron chi connectivity index (χ0n) is 13.4. The highest BCUT2D eigenvalue weighted by Gasteiger charge is 2.29. The molecule has 0 bridgehead atoms. The highest BCUT2D eigenvalue weighted by Crippen LogP contribution is 2.40. The van der Waals surface area contributed by atoms with Crippen molar-refractivity contribution < 1.29 is 14.3 Å². The summed E-state index contributed by atoms with van der Waals surface area (Å²) in [5.41, 5.74) is 6.24. The molecule has 2 N–H and O–H groups in total. The van der Waals surface area contributed by atoms with E-state index in [9.17, 15) is 9.59 Å². The van der Waals surface area contributed by atoms with Crippen LogP contribution < -0.4 is 15.5 Å². The Hall–Kier alpha value is -2.35. The van der Waals surface area contributed by atoms with Gasteiger partial charge in [0.2, 0.25) is 11.5 Å². The van der Waals surface area contributed by atoms with Gasteiger partial charge in [0.1, 0.15) is 11.8 Å². The Morgan fingerprint density at radius 1 is 1.22 bits per heavy atom. The summed E-state index contributed by atoms with van der Waals surface area (Å²) in [6.45, 7) is 0. The summed E-state index contributed by atoms with van der Waals surface area (Å²) in [6, 6.07) is 9.57. The molecule has 0 saturated heterocycles. The van der Waals surface area contributed by atoms with E-state index in [-0.39, 0.29) is 27.2 Å². The van der Waals surface area contributed by atoms with Crippen LogP contribution in [0.4, 0.5) is 11.4 Å². The fourth-order valence-electron chi connectivity index (χ4n) is 2.25. The van der Waals surface area contributed by atoms with Gasteiger partial charge in [0, 0.05) is 9.26 Å². The molecular weight excluding hydrogens is 506 g/mol. The predicted octanol–water partition coefficient (Wildman–Crippen LogP) is 4.16. The van der Waals surface area contributed by atoms with Gasteiger partial charge in [0.05, 0.1) is 22.2 Å². The van der Waals surface area contributed by atoms with Crippen molar-refractivity contribution in [1.29, 1.82) is 5.26 Å². The quantitative estimate of drug-likeness (QED) is 0.376. The average molecular weight is 515 g/mol. The van der Waals surface area contributed by atoms with Crippen molar-refractivity contribution in [2.45, 2.75) is 6.42 Å². The molecule has 0 atom stereocenters. The molecule has 1 aliphatic rings. The van der Waals surface area contributed by atoms with Gasteiger partial charge < -0.3 is 10.5 Å². The van der Waals surface area contributed by atoms with E-state index in [1.807, 2.05) is 0 Å². The van der Waals surface area contributed by atoms with Crippen LogP contribution in [0.15, 0.2) is 35.4 Å². The first-order chi connectivity index (χ1) is 12.8. The van der Waals surface area contributed by atoms with Crippen LogP contribution in [0.1, 0.15) is 6.42 Å². The van der Waals surface area contributed by atoms with Gasteiger partial charge >= 0.3 is 0 Å². The lowest BCUT2D eigenvalue weighted by atomic mass is 10.1. The van der Waals surface area contributed by atoms with E-state index in [1.54, 1.807) is 24.3 Å². The van der Waals surface area contributed by atoms with Gasteiger partial charge in [-0.2, -0.15) is 15.4 Å². The Labute approximate surface area is 177 Å². The lowest BCUT2D eigenvalue weighted by molar-refractivity contribution is -0.124. The van der Waals surface area contributed by atoms with Crippen molar-refractivity contribution in [3.63, 3.8) is 0 Å². The van der Waals surface area contributed by atoms with Crippen molar-refractivity contribution in [3.8, 4) is 17.6 Å². The molecule has 10 heteroatoms. The molecule has 3 rings (SSSR count). The second kappa shape index (κ2) is 7.72. The lowest BCUT2D eigenvalue weighted by Crippen LogP contribution is -2.36. The summed E-state index contributed by atoms with van der Waals surface area (Å²) in [4.78, 5) is 23.7. The van der Waals surface area contributed by atoms with Gasteiger partial charge in [-0.15, -0.1) is 0 Å². The van der Waals surface area contributed by atoms with E-state index >= 15 is 0 Å².